The first-order chi connectivity index (χ1) is 7.13. The van der Waals surface area contributed by atoms with Crippen molar-refractivity contribution in [2.24, 2.45) is 0 Å². The maximum absolute atomic E-state index is 13.3. The van der Waals surface area contributed by atoms with Crippen LogP contribution in [0.15, 0.2) is 18.2 Å². The van der Waals surface area contributed by atoms with Gasteiger partial charge in [0.05, 0.1) is 6.10 Å². The van der Waals surface area contributed by atoms with Crippen LogP contribution >= 0.6 is 23.2 Å². The van der Waals surface area contributed by atoms with E-state index in [1.807, 2.05) is 0 Å². The third kappa shape index (κ3) is 4.37. The highest BCUT2D eigenvalue weighted by Crippen LogP contribution is 2.17. The fraction of sp³-hybridized carbons (Fsp3) is 0.455. The van der Waals surface area contributed by atoms with Crippen molar-refractivity contribution in [2.45, 2.75) is 25.4 Å². The van der Waals surface area contributed by atoms with Gasteiger partial charge in [0.1, 0.15) is 5.82 Å². The average molecular weight is 251 g/mol. The number of benzene rings is 1. The summed E-state index contributed by atoms with van der Waals surface area (Å²) >= 11 is 11.2. The molecule has 84 valence electrons. The number of alkyl halides is 1. The maximum atomic E-state index is 13.3. The number of halogens is 3. The molecule has 0 saturated carbocycles. The van der Waals surface area contributed by atoms with Crippen LogP contribution in [-0.4, -0.2) is 17.1 Å². The lowest BCUT2D eigenvalue weighted by molar-refractivity contribution is 0.163. The Hall–Kier alpha value is -0.310. The summed E-state index contributed by atoms with van der Waals surface area (Å²) in [7, 11) is 0. The fourth-order valence-corrected chi connectivity index (χ4v) is 1.72. The predicted octanol–water partition coefficient (Wildman–Crippen LogP) is 3.40. The Bertz CT molecular complexity index is 317. The van der Waals surface area contributed by atoms with E-state index >= 15 is 0 Å². The van der Waals surface area contributed by atoms with Gasteiger partial charge in [-0.25, -0.2) is 4.39 Å². The van der Waals surface area contributed by atoms with Gasteiger partial charge >= 0.3 is 0 Å². The Morgan fingerprint density at radius 2 is 2.13 bits per heavy atom. The summed E-state index contributed by atoms with van der Waals surface area (Å²) in [6, 6.07) is 4.35. The summed E-state index contributed by atoms with van der Waals surface area (Å²) in [5.41, 5.74) is 0.449. The molecule has 0 aromatic heterocycles. The molecular weight excluding hydrogens is 238 g/mol. The Kier molecular flexibility index (Phi) is 5.37. The fourth-order valence-electron chi connectivity index (χ4n) is 1.37. The molecule has 0 bridgehead atoms. The van der Waals surface area contributed by atoms with E-state index in [1.165, 1.54) is 12.1 Å². The summed E-state index contributed by atoms with van der Waals surface area (Å²) in [4.78, 5) is 0. The summed E-state index contributed by atoms with van der Waals surface area (Å²) in [6.45, 7) is 0. The van der Waals surface area contributed by atoms with Crippen molar-refractivity contribution in [3.63, 3.8) is 0 Å². The number of hydrogen-bond acceptors (Lipinski definition) is 1. The number of aliphatic hydroxyl groups is 1. The van der Waals surface area contributed by atoms with Crippen molar-refractivity contribution >= 4 is 23.2 Å². The molecule has 1 unspecified atom stereocenters. The second-order valence-electron chi connectivity index (χ2n) is 3.42. The summed E-state index contributed by atoms with van der Waals surface area (Å²) < 4.78 is 13.3. The molecule has 0 heterocycles. The van der Waals surface area contributed by atoms with Crippen molar-refractivity contribution in [1.82, 2.24) is 0 Å². The largest absolute Gasteiger partial charge is 0.393 e. The lowest BCUT2D eigenvalue weighted by atomic mass is 10.0. The smallest absolute Gasteiger partial charge is 0.126 e. The van der Waals surface area contributed by atoms with Gasteiger partial charge < -0.3 is 5.11 Å². The topological polar surface area (TPSA) is 20.2 Å². The Balaban J connectivity index is 2.59. The van der Waals surface area contributed by atoms with Crippen LogP contribution in [0.3, 0.4) is 0 Å². The minimum absolute atomic E-state index is 0.281. The van der Waals surface area contributed by atoms with Gasteiger partial charge in [0, 0.05) is 17.3 Å². The molecule has 1 rings (SSSR count). The zero-order chi connectivity index (χ0) is 11.3. The third-order valence-corrected chi connectivity index (χ3v) is 2.64. The highest BCUT2D eigenvalue weighted by atomic mass is 35.5. The van der Waals surface area contributed by atoms with Crippen LogP contribution in [-0.2, 0) is 6.42 Å². The van der Waals surface area contributed by atoms with Crippen LogP contribution in [0, 0.1) is 5.82 Å². The number of rotatable bonds is 5. The molecule has 4 heteroatoms. The molecule has 0 radical (unpaired) electrons. The van der Waals surface area contributed by atoms with Crippen LogP contribution in [0.5, 0.6) is 0 Å². The SMILES string of the molecule is OC(CCCCl)Cc1cc(Cl)ccc1F. The van der Waals surface area contributed by atoms with Gasteiger partial charge in [-0.2, -0.15) is 0 Å². The molecule has 1 nitrogen and oxygen atoms in total. The van der Waals surface area contributed by atoms with Crippen molar-refractivity contribution in [3.8, 4) is 0 Å². The molecule has 1 aromatic carbocycles. The van der Waals surface area contributed by atoms with E-state index in [0.29, 0.717) is 22.9 Å². The molecule has 0 aliphatic heterocycles. The average Bonchev–Trinajstić information content (AvgIpc) is 2.20. The van der Waals surface area contributed by atoms with Crippen LogP contribution < -0.4 is 0 Å². The summed E-state index contributed by atoms with van der Waals surface area (Å²) in [6.07, 6.45) is 1.03. The maximum Gasteiger partial charge on any atom is 0.126 e. The molecule has 0 saturated heterocycles. The summed E-state index contributed by atoms with van der Waals surface area (Å²) in [5, 5.41) is 10.1. The molecular formula is C11H13Cl2FO. The van der Waals surface area contributed by atoms with Gasteiger partial charge in [0.2, 0.25) is 0 Å². The van der Waals surface area contributed by atoms with Crippen molar-refractivity contribution in [1.29, 1.82) is 0 Å². The summed E-state index contributed by atoms with van der Waals surface area (Å²) in [5.74, 6) is 0.180. The first-order valence-electron chi connectivity index (χ1n) is 4.81. The third-order valence-electron chi connectivity index (χ3n) is 2.13. The molecule has 0 amide bonds. The minimum Gasteiger partial charge on any atom is -0.393 e. The van der Waals surface area contributed by atoms with Gasteiger partial charge in [0.25, 0.3) is 0 Å². The van der Waals surface area contributed by atoms with Gasteiger partial charge in [-0.3, -0.25) is 0 Å². The number of hydrogen-bond donors (Lipinski definition) is 1. The van der Waals surface area contributed by atoms with Crippen LogP contribution in [0.2, 0.25) is 5.02 Å². The highest BCUT2D eigenvalue weighted by Gasteiger charge is 2.09. The Morgan fingerprint density at radius 1 is 1.40 bits per heavy atom. The quantitative estimate of drug-likeness (QED) is 0.795. The lowest BCUT2D eigenvalue weighted by Gasteiger charge is -2.10. The van der Waals surface area contributed by atoms with Crippen LogP contribution in [0.25, 0.3) is 0 Å². The molecule has 0 aliphatic carbocycles. The zero-order valence-corrected chi connectivity index (χ0v) is 9.73. The van der Waals surface area contributed by atoms with Crippen molar-refractivity contribution in [2.75, 3.05) is 5.88 Å². The van der Waals surface area contributed by atoms with E-state index in [0.717, 1.165) is 6.42 Å². The van der Waals surface area contributed by atoms with Crippen molar-refractivity contribution < 1.29 is 9.50 Å². The molecule has 15 heavy (non-hydrogen) atoms. The Morgan fingerprint density at radius 3 is 2.80 bits per heavy atom. The normalized spacial score (nSPS) is 12.8. The number of aliphatic hydroxyl groups excluding tert-OH is 1. The predicted molar refractivity (Wildman–Crippen MR) is 61.1 cm³/mol. The van der Waals surface area contributed by atoms with E-state index in [4.69, 9.17) is 23.2 Å². The molecule has 0 fully saturated rings. The van der Waals surface area contributed by atoms with E-state index in [1.54, 1.807) is 6.07 Å². The Labute approximate surface area is 98.8 Å². The van der Waals surface area contributed by atoms with Crippen LogP contribution in [0.4, 0.5) is 4.39 Å². The van der Waals surface area contributed by atoms with E-state index in [9.17, 15) is 9.50 Å². The monoisotopic (exact) mass is 250 g/mol. The minimum atomic E-state index is -0.559. The molecule has 1 aromatic rings. The van der Waals surface area contributed by atoms with Gasteiger partial charge in [-0.05, 0) is 36.6 Å². The highest BCUT2D eigenvalue weighted by molar-refractivity contribution is 6.30. The van der Waals surface area contributed by atoms with Crippen LogP contribution in [0.1, 0.15) is 18.4 Å². The molecule has 0 aliphatic rings. The van der Waals surface area contributed by atoms with E-state index < -0.39 is 6.10 Å². The van der Waals surface area contributed by atoms with E-state index in [-0.39, 0.29) is 12.2 Å². The van der Waals surface area contributed by atoms with Gasteiger partial charge in [-0.1, -0.05) is 11.6 Å². The standard InChI is InChI=1S/C11H13Cl2FO/c12-5-1-2-10(15)7-8-6-9(13)3-4-11(8)14/h3-4,6,10,15H,1-2,5,7H2. The first kappa shape index (κ1) is 12.8. The second-order valence-corrected chi connectivity index (χ2v) is 4.24. The molecule has 1 atom stereocenters. The van der Waals surface area contributed by atoms with Gasteiger partial charge in [0.15, 0.2) is 0 Å². The second kappa shape index (κ2) is 6.31. The zero-order valence-electron chi connectivity index (χ0n) is 8.22. The molecule has 1 N–H and O–H groups in total. The first-order valence-corrected chi connectivity index (χ1v) is 5.72. The molecule has 0 spiro atoms. The van der Waals surface area contributed by atoms with E-state index in [2.05, 4.69) is 0 Å². The van der Waals surface area contributed by atoms with Crippen molar-refractivity contribution in [3.05, 3.63) is 34.6 Å². The van der Waals surface area contributed by atoms with Gasteiger partial charge in [-0.15, -0.1) is 11.6 Å². The lowest BCUT2D eigenvalue weighted by Crippen LogP contribution is -2.11.